The Hall–Kier alpha value is -2.79. The molecule has 1 aromatic heterocycles. The predicted molar refractivity (Wildman–Crippen MR) is 83.8 cm³/mol. The third-order valence-corrected chi connectivity index (χ3v) is 3.37. The molecule has 3 aromatic rings. The van der Waals surface area contributed by atoms with Gasteiger partial charge in [-0.05, 0) is 36.8 Å². The molecule has 0 bridgehead atoms. The Labute approximate surface area is 117 Å². The zero-order valence-electron chi connectivity index (χ0n) is 11.2. The topological polar surface area (TPSA) is 22.0 Å². The van der Waals surface area contributed by atoms with Gasteiger partial charge >= 0.3 is 0 Å². The van der Waals surface area contributed by atoms with E-state index in [9.17, 15) is 4.79 Å². The van der Waals surface area contributed by atoms with Crippen molar-refractivity contribution in [1.29, 1.82) is 0 Å². The van der Waals surface area contributed by atoms with Crippen molar-refractivity contribution < 1.29 is 0 Å². The average Bonchev–Trinajstić information content (AvgIpc) is 2.48. The third kappa shape index (κ3) is 1.72. The standard InChI is InChI=1S/C18H13NO/c1-3-4-12-19-16-11-6-5-9-14(16)18(20)15-10-7-8-13(2)17(15)19/h3,5-11H,1H2,2H3. The molecule has 2 heteroatoms. The van der Waals surface area contributed by atoms with Crippen LogP contribution in [0.3, 0.4) is 0 Å². The van der Waals surface area contributed by atoms with Crippen LogP contribution in [0.5, 0.6) is 0 Å². The summed E-state index contributed by atoms with van der Waals surface area (Å²) in [5, 5.41) is 1.38. The van der Waals surface area contributed by atoms with E-state index in [2.05, 4.69) is 18.5 Å². The van der Waals surface area contributed by atoms with E-state index in [1.54, 1.807) is 6.08 Å². The van der Waals surface area contributed by atoms with Crippen LogP contribution in [0.1, 0.15) is 5.56 Å². The van der Waals surface area contributed by atoms with Crippen LogP contribution < -0.4 is 5.43 Å². The van der Waals surface area contributed by atoms with Crippen molar-refractivity contribution in [3.8, 4) is 12.0 Å². The minimum atomic E-state index is 0.0518. The third-order valence-electron chi connectivity index (χ3n) is 3.37. The number of hydrogen-bond donors (Lipinski definition) is 0. The molecular weight excluding hydrogens is 246 g/mol. The predicted octanol–water partition coefficient (Wildman–Crippen LogP) is 3.46. The monoisotopic (exact) mass is 259 g/mol. The van der Waals surface area contributed by atoms with Gasteiger partial charge in [-0.15, -0.1) is 0 Å². The van der Waals surface area contributed by atoms with E-state index in [1.807, 2.05) is 54.0 Å². The highest BCUT2D eigenvalue weighted by Gasteiger charge is 2.10. The Bertz CT molecular complexity index is 952. The second-order valence-electron chi connectivity index (χ2n) is 4.61. The Morgan fingerprint density at radius 1 is 1.10 bits per heavy atom. The molecule has 0 spiro atoms. The number of allylic oxidation sites excluding steroid dienone is 1. The highest BCUT2D eigenvalue weighted by molar-refractivity contribution is 5.95. The van der Waals surface area contributed by atoms with Gasteiger partial charge in [-0.25, -0.2) is 0 Å². The molecule has 20 heavy (non-hydrogen) atoms. The van der Waals surface area contributed by atoms with Crippen molar-refractivity contribution in [2.75, 3.05) is 0 Å². The summed E-state index contributed by atoms with van der Waals surface area (Å²) in [5.41, 5.74) is 2.78. The van der Waals surface area contributed by atoms with Crippen molar-refractivity contribution in [3.05, 3.63) is 70.9 Å². The summed E-state index contributed by atoms with van der Waals surface area (Å²) in [6.45, 7) is 5.62. The van der Waals surface area contributed by atoms with Crippen LogP contribution in [0.4, 0.5) is 0 Å². The molecule has 0 saturated carbocycles. The van der Waals surface area contributed by atoms with E-state index in [0.717, 1.165) is 16.6 Å². The van der Waals surface area contributed by atoms with Gasteiger partial charge in [0.1, 0.15) is 0 Å². The summed E-state index contributed by atoms with van der Waals surface area (Å²) in [5.74, 6) is 2.87. The molecule has 3 rings (SSSR count). The second-order valence-corrected chi connectivity index (χ2v) is 4.61. The Morgan fingerprint density at radius 2 is 1.85 bits per heavy atom. The Kier molecular flexibility index (Phi) is 2.89. The maximum atomic E-state index is 12.6. The van der Waals surface area contributed by atoms with Crippen molar-refractivity contribution in [3.63, 3.8) is 0 Å². The molecule has 0 saturated heterocycles. The lowest BCUT2D eigenvalue weighted by Gasteiger charge is -2.11. The van der Waals surface area contributed by atoms with Crippen LogP contribution in [-0.4, -0.2) is 4.57 Å². The maximum absolute atomic E-state index is 12.6. The van der Waals surface area contributed by atoms with E-state index < -0.39 is 0 Å². The van der Waals surface area contributed by atoms with Gasteiger partial charge in [0.2, 0.25) is 0 Å². The molecule has 2 nitrogen and oxygen atoms in total. The van der Waals surface area contributed by atoms with Crippen LogP contribution in [0.25, 0.3) is 21.8 Å². The minimum Gasteiger partial charge on any atom is -0.288 e. The van der Waals surface area contributed by atoms with Gasteiger partial charge in [0.15, 0.2) is 5.43 Å². The molecule has 2 aromatic carbocycles. The number of aromatic nitrogens is 1. The molecule has 96 valence electrons. The lowest BCUT2D eigenvalue weighted by Crippen LogP contribution is -2.10. The lowest BCUT2D eigenvalue weighted by atomic mass is 10.1. The molecule has 0 atom stereocenters. The van der Waals surface area contributed by atoms with Gasteiger partial charge in [-0.2, -0.15) is 0 Å². The van der Waals surface area contributed by atoms with Gasteiger partial charge in [0.05, 0.1) is 11.0 Å². The zero-order valence-corrected chi connectivity index (χ0v) is 11.2. The summed E-state index contributed by atoms with van der Waals surface area (Å²) >= 11 is 0. The Morgan fingerprint density at radius 3 is 2.65 bits per heavy atom. The summed E-state index contributed by atoms with van der Waals surface area (Å²) in [4.78, 5) is 12.6. The largest absolute Gasteiger partial charge is 0.288 e. The van der Waals surface area contributed by atoms with Gasteiger partial charge in [0.25, 0.3) is 0 Å². The molecule has 0 unspecified atom stereocenters. The van der Waals surface area contributed by atoms with Crippen LogP contribution in [-0.2, 0) is 0 Å². The highest BCUT2D eigenvalue weighted by Crippen LogP contribution is 2.21. The number of para-hydroxylation sites is 2. The number of aryl methyl sites for hydroxylation is 1. The molecule has 1 heterocycles. The fraction of sp³-hybridized carbons (Fsp3) is 0.0556. The van der Waals surface area contributed by atoms with Crippen molar-refractivity contribution >= 4 is 21.8 Å². The summed E-state index contributed by atoms with van der Waals surface area (Å²) in [6, 6.07) is 16.3. The maximum Gasteiger partial charge on any atom is 0.197 e. The first-order chi connectivity index (χ1) is 9.74. The average molecular weight is 259 g/mol. The fourth-order valence-electron chi connectivity index (χ4n) is 2.49. The first-order valence-corrected chi connectivity index (χ1v) is 6.39. The van der Waals surface area contributed by atoms with Crippen LogP contribution >= 0.6 is 0 Å². The van der Waals surface area contributed by atoms with Crippen LogP contribution in [0, 0.1) is 18.9 Å². The molecule has 0 aliphatic heterocycles. The van der Waals surface area contributed by atoms with E-state index in [4.69, 9.17) is 0 Å². The van der Waals surface area contributed by atoms with Gasteiger partial charge < -0.3 is 0 Å². The second kappa shape index (κ2) is 4.71. The molecule has 0 amide bonds. The summed E-state index contributed by atoms with van der Waals surface area (Å²) < 4.78 is 1.88. The van der Waals surface area contributed by atoms with Crippen molar-refractivity contribution in [2.24, 2.45) is 0 Å². The van der Waals surface area contributed by atoms with Gasteiger partial charge in [-0.1, -0.05) is 36.8 Å². The van der Waals surface area contributed by atoms with Crippen LogP contribution in [0.2, 0.25) is 0 Å². The molecular formula is C18H13NO. The highest BCUT2D eigenvalue weighted by atomic mass is 16.1. The minimum absolute atomic E-state index is 0.0518. The number of nitrogens with zero attached hydrogens (tertiary/aromatic N) is 1. The van der Waals surface area contributed by atoms with Crippen LogP contribution in [0.15, 0.2) is 59.9 Å². The first-order valence-electron chi connectivity index (χ1n) is 6.39. The number of rotatable bonds is 0. The number of pyridine rings is 1. The summed E-state index contributed by atoms with van der Waals surface area (Å²) in [6.07, 6.45) is 1.55. The Balaban J connectivity index is 2.68. The van der Waals surface area contributed by atoms with E-state index in [-0.39, 0.29) is 5.43 Å². The first kappa shape index (κ1) is 12.3. The van der Waals surface area contributed by atoms with Gasteiger partial charge in [0, 0.05) is 16.8 Å². The molecule has 0 aliphatic rings. The van der Waals surface area contributed by atoms with E-state index in [0.29, 0.717) is 10.8 Å². The SMILES string of the molecule is C=CC#Cn1c2ccccc2c(=O)c2cccc(C)c21. The molecule has 0 aliphatic carbocycles. The zero-order chi connectivity index (χ0) is 14.1. The molecule has 0 radical (unpaired) electrons. The van der Waals surface area contributed by atoms with E-state index >= 15 is 0 Å². The molecule has 0 N–H and O–H groups in total. The smallest absolute Gasteiger partial charge is 0.197 e. The van der Waals surface area contributed by atoms with Crippen molar-refractivity contribution in [2.45, 2.75) is 6.92 Å². The summed E-state index contributed by atoms with van der Waals surface area (Å²) in [7, 11) is 0. The quantitative estimate of drug-likeness (QED) is 0.447. The normalized spacial score (nSPS) is 10.2. The lowest BCUT2D eigenvalue weighted by molar-refractivity contribution is 1.22. The molecule has 0 fully saturated rings. The number of benzene rings is 2. The van der Waals surface area contributed by atoms with Crippen molar-refractivity contribution in [1.82, 2.24) is 4.57 Å². The fourth-order valence-corrected chi connectivity index (χ4v) is 2.49. The van der Waals surface area contributed by atoms with Gasteiger partial charge in [-0.3, -0.25) is 9.36 Å². The number of fused-ring (bicyclic) bond motifs is 2. The number of hydrogen-bond acceptors (Lipinski definition) is 1. The van der Waals surface area contributed by atoms with E-state index in [1.165, 1.54) is 0 Å².